The highest BCUT2D eigenvalue weighted by Gasteiger charge is 2.08. The molecule has 1 aromatic heterocycles. The Labute approximate surface area is 153 Å². The number of hydrogen-bond donors (Lipinski definition) is 3. The largest absolute Gasteiger partial charge is 0.356 e. The summed E-state index contributed by atoms with van der Waals surface area (Å²) in [6.45, 7) is 5.18. The molecule has 3 N–H and O–H groups in total. The lowest BCUT2D eigenvalue weighted by Crippen LogP contribution is -2.42. The number of rotatable bonds is 7. The molecule has 5 nitrogen and oxygen atoms in total. The molecule has 0 saturated carbocycles. The number of amides is 1. The molecule has 1 aromatic carbocycles. The fourth-order valence-corrected chi connectivity index (χ4v) is 3.16. The summed E-state index contributed by atoms with van der Waals surface area (Å²) >= 11 is 1.70. The standard InChI is InChI=1S/C19H26N4OS/c1-4-15-6-5-7-17(10-15)23-18(24)12-22-19(20-3)21-11-14(2)16-8-9-25-13-16/h5-10,13-14H,4,11-12H2,1-3H3,(H,23,24)(H2,20,21,22). The van der Waals surface area contributed by atoms with Gasteiger partial charge in [-0.25, -0.2) is 0 Å². The van der Waals surface area contributed by atoms with Gasteiger partial charge in [0, 0.05) is 19.3 Å². The van der Waals surface area contributed by atoms with Crippen molar-refractivity contribution in [3.63, 3.8) is 0 Å². The molecule has 134 valence electrons. The quantitative estimate of drug-likeness (QED) is 0.526. The molecule has 2 aromatic rings. The molecule has 0 aliphatic heterocycles. The summed E-state index contributed by atoms with van der Waals surface area (Å²) in [4.78, 5) is 16.3. The number of nitrogens with zero attached hydrogens (tertiary/aromatic N) is 1. The molecule has 0 spiro atoms. The summed E-state index contributed by atoms with van der Waals surface area (Å²) in [5, 5.41) is 13.4. The SMILES string of the molecule is CCc1cccc(NC(=O)CNC(=NC)NCC(C)c2ccsc2)c1. The van der Waals surface area contributed by atoms with Crippen molar-refractivity contribution >= 4 is 28.9 Å². The summed E-state index contributed by atoms with van der Waals surface area (Å²) in [6, 6.07) is 10.0. The third-order valence-corrected chi connectivity index (χ3v) is 4.65. The Morgan fingerprint density at radius 2 is 2.12 bits per heavy atom. The van der Waals surface area contributed by atoms with E-state index in [2.05, 4.69) is 51.6 Å². The molecular formula is C19H26N4OS. The number of aryl methyl sites for hydroxylation is 1. The first kappa shape index (κ1) is 19.0. The Bertz CT molecular complexity index is 697. The van der Waals surface area contributed by atoms with Crippen molar-refractivity contribution in [2.24, 2.45) is 4.99 Å². The smallest absolute Gasteiger partial charge is 0.243 e. The normalized spacial score (nSPS) is 12.5. The Morgan fingerprint density at radius 1 is 1.28 bits per heavy atom. The molecule has 0 fully saturated rings. The van der Waals surface area contributed by atoms with Gasteiger partial charge in [-0.05, 0) is 52.4 Å². The van der Waals surface area contributed by atoms with Crippen LogP contribution in [0.2, 0.25) is 0 Å². The van der Waals surface area contributed by atoms with Crippen LogP contribution in [0.5, 0.6) is 0 Å². The monoisotopic (exact) mass is 358 g/mol. The van der Waals surface area contributed by atoms with Gasteiger partial charge in [0.15, 0.2) is 5.96 Å². The van der Waals surface area contributed by atoms with E-state index in [1.54, 1.807) is 18.4 Å². The van der Waals surface area contributed by atoms with Gasteiger partial charge in [0.1, 0.15) is 0 Å². The van der Waals surface area contributed by atoms with Crippen LogP contribution in [0.4, 0.5) is 5.69 Å². The second-order valence-corrected chi connectivity index (χ2v) is 6.65. The van der Waals surface area contributed by atoms with Gasteiger partial charge in [-0.3, -0.25) is 9.79 Å². The van der Waals surface area contributed by atoms with Crippen LogP contribution in [0, 0.1) is 0 Å². The Kier molecular flexibility index (Phi) is 7.47. The minimum absolute atomic E-state index is 0.0953. The molecule has 1 atom stereocenters. The van der Waals surface area contributed by atoms with Crippen LogP contribution in [-0.2, 0) is 11.2 Å². The fraction of sp³-hybridized carbons (Fsp3) is 0.368. The maximum Gasteiger partial charge on any atom is 0.243 e. The maximum atomic E-state index is 12.1. The molecule has 0 radical (unpaired) electrons. The van der Waals surface area contributed by atoms with Gasteiger partial charge >= 0.3 is 0 Å². The van der Waals surface area contributed by atoms with E-state index in [1.807, 2.05) is 24.3 Å². The van der Waals surface area contributed by atoms with Crippen molar-refractivity contribution in [2.75, 3.05) is 25.5 Å². The van der Waals surface area contributed by atoms with Crippen LogP contribution in [0.3, 0.4) is 0 Å². The first-order chi connectivity index (χ1) is 12.1. The second kappa shape index (κ2) is 9.84. The van der Waals surface area contributed by atoms with Crippen LogP contribution in [0.1, 0.15) is 30.9 Å². The Balaban J connectivity index is 1.76. The summed E-state index contributed by atoms with van der Waals surface area (Å²) in [6.07, 6.45) is 0.945. The fourth-order valence-electron chi connectivity index (χ4n) is 2.38. The maximum absolute atomic E-state index is 12.1. The minimum atomic E-state index is -0.0953. The number of anilines is 1. The second-order valence-electron chi connectivity index (χ2n) is 5.87. The lowest BCUT2D eigenvalue weighted by Gasteiger charge is -2.15. The van der Waals surface area contributed by atoms with Crippen LogP contribution in [0.25, 0.3) is 0 Å². The van der Waals surface area contributed by atoms with E-state index in [1.165, 1.54) is 11.1 Å². The van der Waals surface area contributed by atoms with Crippen molar-refractivity contribution in [1.82, 2.24) is 10.6 Å². The van der Waals surface area contributed by atoms with Gasteiger partial charge in [0.05, 0.1) is 6.54 Å². The topological polar surface area (TPSA) is 65.5 Å². The van der Waals surface area contributed by atoms with E-state index < -0.39 is 0 Å². The molecule has 25 heavy (non-hydrogen) atoms. The molecule has 1 unspecified atom stereocenters. The predicted octanol–water partition coefficient (Wildman–Crippen LogP) is 3.22. The van der Waals surface area contributed by atoms with Crippen molar-refractivity contribution in [1.29, 1.82) is 0 Å². The lowest BCUT2D eigenvalue weighted by molar-refractivity contribution is -0.115. The van der Waals surface area contributed by atoms with Gasteiger partial charge in [-0.15, -0.1) is 0 Å². The molecular weight excluding hydrogens is 332 g/mol. The van der Waals surface area contributed by atoms with Crippen LogP contribution in [0.15, 0.2) is 46.1 Å². The van der Waals surface area contributed by atoms with Crippen molar-refractivity contribution in [2.45, 2.75) is 26.2 Å². The first-order valence-corrected chi connectivity index (χ1v) is 9.42. The van der Waals surface area contributed by atoms with Crippen LogP contribution in [-0.4, -0.2) is 32.0 Å². The van der Waals surface area contributed by atoms with Crippen LogP contribution < -0.4 is 16.0 Å². The van der Waals surface area contributed by atoms with E-state index in [-0.39, 0.29) is 12.5 Å². The van der Waals surface area contributed by atoms with E-state index in [0.717, 1.165) is 18.7 Å². The van der Waals surface area contributed by atoms with Gasteiger partial charge in [-0.1, -0.05) is 26.0 Å². The Hall–Kier alpha value is -2.34. The molecule has 0 saturated heterocycles. The Morgan fingerprint density at radius 3 is 2.80 bits per heavy atom. The van der Waals surface area contributed by atoms with E-state index in [9.17, 15) is 4.79 Å². The number of hydrogen-bond acceptors (Lipinski definition) is 3. The molecule has 1 heterocycles. The van der Waals surface area contributed by atoms with Gasteiger partial charge in [0.25, 0.3) is 0 Å². The molecule has 1 amide bonds. The number of guanidine groups is 1. The molecule has 0 bridgehead atoms. The third-order valence-electron chi connectivity index (χ3n) is 3.95. The van der Waals surface area contributed by atoms with Gasteiger partial charge < -0.3 is 16.0 Å². The molecule has 0 aliphatic carbocycles. The van der Waals surface area contributed by atoms with Crippen molar-refractivity contribution < 1.29 is 4.79 Å². The van der Waals surface area contributed by atoms with Crippen molar-refractivity contribution in [3.05, 3.63) is 52.2 Å². The summed E-state index contributed by atoms with van der Waals surface area (Å²) in [5.74, 6) is 0.914. The lowest BCUT2D eigenvalue weighted by atomic mass is 10.1. The summed E-state index contributed by atoms with van der Waals surface area (Å²) in [7, 11) is 1.70. The minimum Gasteiger partial charge on any atom is -0.356 e. The molecule has 0 aliphatic rings. The number of carbonyl (C=O) groups is 1. The predicted molar refractivity (Wildman–Crippen MR) is 107 cm³/mol. The zero-order valence-electron chi connectivity index (χ0n) is 15.0. The highest BCUT2D eigenvalue weighted by atomic mass is 32.1. The average molecular weight is 359 g/mol. The number of aliphatic imine (C=N–C) groups is 1. The summed E-state index contributed by atoms with van der Waals surface area (Å²) < 4.78 is 0. The highest BCUT2D eigenvalue weighted by molar-refractivity contribution is 7.07. The first-order valence-electron chi connectivity index (χ1n) is 8.47. The number of thiophene rings is 1. The average Bonchev–Trinajstić information content (AvgIpc) is 3.16. The van der Waals surface area contributed by atoms with E-state index >= 15 is 0 Å². The summed E-state index contributed by atoms with van der Waals surface area (Å²) in [5.41, 5.74) is 3.33. The third kappa shape index (κ3) is 6.23. The van der Waals surface area contributed by atoms with Crippen molar-refractivity contribution in [3.8, 4) is 0 Å². The number of benzene rings is 1. The zero-order valence-corrected chi connectivity index (χ0v) is 15.8. The van der Waals surface area contributed by atoms with E-state index in [0.29, 0.717) is 11.9 Å². The van der Waals surface area contributed by atoms with E-state index in [4.69, 9.17) is 0 Å². The molecule has 6 heteroatoms. The highest BCUT2D eigenvalue weighted by Crippen LogP contribution is 2.17. The molecule has 2 rings (SSSR count). The number of carbonyl (C=O) groups excluding carboxylic acids is 1. The number of nitrogens with one attached hydrogen (secondary N) is 3. The van der Waals surface area contributed by atoms with Crippen LogP contribution >= 0.6 is 11.3 Å². The zero-order chi connectivity index (χ0) is 18.1. The van der Waals surface area contributed by atoms with Gasteiger partial charge in [0.2, 0.25) is 5.91 Å². The van der Waals surface area contributed by atoms with Gasteiger partial charge in [-0.2, -0.15) is 11.3 Å².